The molecular formula is C13H14N2O4. The maximum Gasteiger partial charge on any atom is 0.335 e. The molecule has 1 atom stereocenters. The summed E-state index contributed by atoms with van der Waals surface area (Å²) in [6, 6.07) is 5.99. The Morgan fingerprint density at radius 2 is 2.00 bits per heavy atom. The first-order chi connectivity index (χ1) is 8.97. The Labute approximate surface area is 110 Å². The van der Waals surface area contributed by atoms with E-state index in [2.05, 4.69) is 5.32 Å². The highest BCUT2D eigenvalue weighted by Gasteiger charge is 2.33. The van der Waals surface area contributed by atoms with Crippen LogP contribution in [-0.2, 0) is 16.1 Å². The molecule has 1 saturated heterocycles. The van der Waals surface area contributed by atoms with Crippen molar-refractivity contribution in [1.29, 1.82) is 0 Å². The van der Waals surface area contributed by atoms with Crippen molar-refractivity contribution in [1.82, 2.24) is 10.2 Å². The van der Waals surface area contributed by atoms with Crippen molar-refractivity contribution in [3.8, 4) is 0 Å². The van der Waals surface area contributed by atoms with Gasteiger partial charge in [0.2, 0.25) is 11.8 Å². The fourth-order valence-electron chi connectivity index (χ4n) is 2.05. The lowest BCUT2D eigenvalue weighted by molar-refractivity contribution is -0.126. The first kappa shape index (κ1) is 13.2. The number of benzene rings is 1. The van der Waals surface area contributed by atoms with E-state index in [1.165, 1.54) is 12.1 Å². The Kier molecular flexibility index (Phi) is 3.62. The monoisotopic (exact) mass is 262 g/mol. The molecule has 100 valence electrons. The van der Waals surface area contributed by atoms with Crippen LogP contribution < -0.4 is 5.32 Å². The molecule has 0 radical (unpaired) electrons. The van der Waals surface area contributed by atoms with Crippen LogP contribution in [0.5, 0.6) is 0 Å². The minimum Gasteiger partial charge on any atom is -0.478 e. The number of nitrogens with zero attached hydrogens (tertiary/aromatic N) is 1. The van der Waals surface area contributed by atoms with Gasteiger partial charge in [0, 0.05) is 6.54 Å². The van der Waals surface area contributed by atoms with Crippen molar-refractivity contribution < 1.29 is 19.5 Å². The summed E-state index contributed by atoms with van der Waals surface area (Å²) in [6.45, 7) is 0.477. The molecule has 0 bridgehead atoms. The lowest BCUT2D eigenvalue weighted by atomic mass is 10.1. The van der Waals surface area contributed by atoms with Crippen molar-refractivity contribution in [3.05, 3.63) is 35.4 Å². The maximum absolute atomic E-state index is 11.5. The van der Waals surface area contributed by atoms with Gasteiger partial charge in [-0.05, 0) is 24.7 Å². The van der Waals surface area contributed by atoms with E-state index in [4.69, 9.17) is 5.11 Å². The molecule has 1 heterocycles. The van der Waals surface area contributed by atoms with Crippen LogP contribution in [0.15, 0.2) is 24.3 Å². The zero-order valence-electron chi connectivity index (χ0n) is 10.4. The molecule has 1 fully saturated rings. The molecule has 0 aliphatic carbocycles. The predicted octanol–water partition coefficient (Wildman–Crippen LogP) is 0.232. The van der Waals surface area contributed by atoms with Gasteiger partial charge in [-0.15, -0.1) is 0 Å². The van der Waals surface area contributed by atoms with Gasteiger partial charge in [-0.1, -0.05) is 12.1 Å². The van der Waals surface area contributed by atoms with E-state index < -0.39 is 12.0 Å². The molecule has 0 saturated carbocycles. The van der Waals surface area contributed by atoms with E-state index in [0.717, 1.165) is 5.56 Å². The summed E-state index contributed by atoms with van der Waals surface area (Å²) in [5.41, 5.74) is 1.11. The Balaban J connectivity index is 2.02. The minimum absolute atomic E-state index is 0.169. The van der Waals surface area contributed by atoms with Crippen LogP contribution in [0.4, 0.5) is 0 Å². The number of aromatic carboxylic acids is 1. The van der Waals surface area contributed by atoms with Crippen molar-refractivity contribution in [2.24, 2.45) is 0 Å². The third kappa shape index (κ3) is 2.97. The van der Waals surface area contributed by atoms with E-state index >= 15 is 0 Å². The smallest absolute Gasteiger partial charge is 0.335 e. The SMILES string of the molecule is CN(Cc1ccc(C(=O)O)cc1)C1CC(=O)NC1=O. The van der Waals surface area contributed by atoms with Gasteiger partial charge < -0.3 is 5.11 Å². The standard InChI is InChI=1S/C13H14N2O4/c1-15(10-6-11(16)14-12(10)17)7-8-2-4-9(5-3-8)13(18)19/h2-5,10H,6-7H2,1H3,(H,18,19)(H,14,16,17). The predicted molar refractivity (Wildman–Crippen MR) is 66.4 cm³/mol. The van der Waals surface area contributed by atoms with Gasteiger partial charge in [-0.2, -0.15) is 0 Å². The van der Waals surface area contributed by atoms with Gasteiger partial charge in [-0.3, -0.25) is 19.8 Å². The largest absolute Gasteiger partial charge is 0.478 e. The number of nitrogens with one attached hydrogen (secondary N) is 1. The number of carboxylic acid groups (broad SMARTS) is 1. The molecule has 6 heteroatoms. The van der Waals surface area contributed by atoms with Crippen molar-refractivity contribution in [2.75, 3.05) is 7.05 Å². The number of likely N-dealkylation sites (N-methyl/N-ethyl adjacent to an activating group) is 1. The fourth-order valence-corrected chi connectivity index (χ4v) is 2.05. The Morgan fingerprint density at radius 3 is 2.47 bits per heavy atom. The lowest BCUT2D eigenvalue weighted by Gasteiger charge is -2.21. The van der Waals surface area contributed by atoms with Crippen molar-refractivity contribution in [2.45, 2.75) is 19.0 Å². The van der Waals surface area contributed by atoms with Crippen molar-refractivity contribution in [3.63, 3.8) is 0 Å². The van der Waals surface area contributed by atoms with Crippen LogP contribution in [0, 0.1) is 0 Å². The topological polar surface area (TPSA) is 86.7 Å². The number of carbonyl (C=O) groups is 3. The number of imide groups is 1. The summed E-state index contributed by atoms with van der Waals surface area (Å²) in [5, 5.41) is 11.1. The molecule has 0 spiro atoms. The molecule has 1 aliphatic rings. The number of carbonyl (C=O) groups excluding carboxylic acids is 2. The van der Waals surface area contributed by atoms with Gasteiger partial charge in [0.1, 0.15) is 0 Å². The Hall–Kier alpha value is -2.21. The molecule has 1 aliphatic heterocycles. The second-order valence-electron chi connectivity index (χ2n) is 4.55. The summed E-state index contributed by atoms with van der Waals surface area (Å²) in [5.74, 6) is -1.52. The van der Waals surface area contributed by atoms with Gasteiger partial charge in [-0.25, -0.2) is 4.79 Å². The van der Waals surface area contributed by atoms with Gasteiger partial charge >= 0.3 is 5.97 Å². The van der Waals surface area contributed by atoms with E-state index in [0.29, 0.717) is 6.54 Å². The maximum atomic E-state index is 11.5. The number of hydrogen-bond acceptors (Lipinski definition) is 4. The average molecular weight is 262 g/mol. The zero-order valence-corrected chi connectivity index (χ0v) is 10.4. The molecule has 19 heavy (non-hydrogen) atoms. The molecular weight excluding hydrogens is 248 g/mol. The van der Waals surface area contributed by atoms with Crippen LogP contribution in [0.25, 0.3) is 0 Å². The third-order valence-corrected chi connectivity index (χ3v) is 3.11. The molecule has 6 nitrogen and oxygen atoms in total. The van der Waals surface area contributed by atoms with Crippen LogP contribution in [0.3, 0.4) is 0 Å². The zero-order chi connectivity index (χ0) is 14.0. The highest BCUT2D eigenvalue weighted by atomic mass is 16.4. The summed E-state index contributed by atoms with van der Waals surface area (Å²) in [6.07, 6.45) is 0.169. The highest BCUT2D eigenvalue weighted by molar-refractivity contribution is 6.05. The molecule has 1 aromatic carbocycles. The summed E-state index contributed by atoms with van der Waals surface area (Å²) in [7, 11) is 1.76. The first-order valence-corrected chi connectivity index (χ1v) is 5.83. The number of rotatable bonds is 4. The summed E-state index contributed by atoms with van der Waals surface area (Å²) in [4.78, 5) is 35.1. The molecule has 2 amide bonds. The molecule has 1 unspecified atom stereocenters. The first-order valence-electron chi connectivity index (χ1n) is 5.83. The number of amides is 2. The van der Waals surface area contributed by atoms with E-state index in [1.807, 2.05) is 0 Å². The second-order valence-corrected chi connectivity index (χ2v) is 4.55. The summed E-state index contributed by atoms with van der Waals surface area (Å²) < 4.78 is 0. The van der Waals surface area contributed by atoms with Crippen LogP contribution in [0.2, 0.25) is 0 Å². The fraction of sp³-hybridized carbons (Fsp3) is 0.308. The molecule has 0 aromatic heterocycles. The van der Waals surface area contributed by atoms with Crippen LogP contribution >= 0.6 is 0 Å². The Morgan fingerprint density at radius 1 is 1.37 bits per heavy atom. The van der Waals surface area contributed by atoms with E-state index in [1.54, 1.807) is 24.1 Å². The highest BCUT2D eigenvalue weighted by Crippen LogP contribution is 2.13. The third-order valence-electron chi connectivity index (χ3n) is 3.11. The quantitative estimate of drug-likeness (QED) is 0.759. The second kappa shape index (κ2) is 5.19. The molecule has 2 rings (SSSR count). The summed E-state index contributed by atoms with van der Waals surface area (Å²) >= 11 is 0. The van der Waals surface area contributed by atoms with Gasteiger partial charge in [0.05, 0.1) is 18.0 Å². The van der Waals surface area contributed by atoms with Gasteiger partial charge in [0.25, 0.3) is 0 Å². The lowest BCUT2D eigenvalue weighted by Crippen LogP contribution is -2.37. The van der Waals surface area contributed by atoms with Crippen LogP contribution in [0.1, 0.15) is 22.3 Å². The van der Waals surface area contributed by atoms with Gasteiger partial charge in [0.15, 0.2) is 0 Å². The normalized spacial score (nSPS) is 18.7. The molecule has 1 aromatic rings. The van der Waals surface area contributed by atoms with Crippen LogP contribution in [-0.4, -0.2) is 40.9 Å². The number of carboxylic acids is 1. The van der Waals surface area contributed by atoms with E-state index in [9.17, 15) is 14.4 Å². The minimum atomic E-state index is -0.972. The van der Waals surface area contributed by atoms with E-state index in [-0.39, 0.29) is 23.8 Å². The average Bonchev–Trinajstić information content (AvgIpc) is 2.69. The van der Waals surface area contributed by atoms with Crippen molar-refractivity contribution >= 4 is 17.8 Å². The Bertz CT molecular complexity index is 524. The number of hydrogen-bond donors (Lipinski definition) is 2. The molecule has 2 N–H and O–H groups in total.